The highest BCUT2D eigenvalue weighted by atomic mass is 16.6. The van der Waals surface area contributed by atoms with E-state index in [-0.39, 0.29) is 30.7 Å². The lowest BCUT2D eigenvalue weighted by Crippen LogP contribution is -2.29. The zero-order valence-electron chi connectivity index (χ0n) is 42.4. The van der Waals surface area contributed by atoms with E-state index >= 15 is 0 Å². The van der Waals surface area contributed by atoms with Gasteiger partial charge in [-0.3, -0.25) is 9.59 Å². The highest BCUT2D eigenvalue weighted by Gasteiger charge is 2.37. The van der Waals surface area contributed by atoms with E-state index in [1.807, 2.05) is 0 Å². The van der Waals surface area contributed by atoms with Crippen molar-refractivity contribution in [1.29, 1.82) is 0 Å². The smallest absolute Gasteiger partial charge is 0.310 e. The van der Waals surface area contributed by atoms with E-state index in [1.54, 1.807) is 0 Å². The molecule has 0 radical (unpaired) electrons. The van der Waals surface area contributed by atoms with Crippen LogP contribution in [0.1, 0.15) is 214 Å². The van der Waals surface area contributed by atoms with Gasteiger partial charge in [0.1, 0.15) is 18.8 Å². The Balaban J connectivity index is 0.000000841. The van der Waals surface area contributed by atoms with Crippen LogP contribution < -0.4 is 0 Å². The molecule has 1 aliphatic heterocycles. The maximum Gasteiger partial charge on any atom is 0.310 e. The summed E-state index contributed by atoms with van der Waals surface area (Å²) < 4.78 is 22.6. The number of allylic oxidation sites excluding steroid dienone is 10. The van der Waals surface area contributed by atoms with Crippen LogP contribution in [0.25, 0.3) is 0 Å². The average Bonchev–Trinajstić information content (AvgIpc) is 3.90. The number of likely N-dealkylation sites (tertiary alicyclic amines) is 1. The molecule has 370 valence electrons. The lowest BCUT2D eigenvalue weighted by atomic mass is 9.92. The van der Waals surface area contributed by atoms with E-state index in [0.717, 1.165) is 71.1 Å². The Bertz CT molecular complexity index is 1190. The molecule has 1 saturated heterocycles. The van der Waals surface area contributed by atoms with Gasteiger partial charge in [0.25, 0.3) is 6.47 Å². The maximum atomic E-state index is 12.3. The molecule has 2 aliphatic rings. The molecule has 0 bridgehead atoms. The van der Waals surface area contributed by atoms with Crippen LogP contribution in [-0.4, -0.2) is 76.1 Å². The van der Waals surface area contributed by atoms with Crippen molar-refractivity contribution in [3.8, 4) is 0 Å². The Morgan fingerprint density at radius 3 is 1.66 bits per heavy atom. The highest BCUT2D eigenvalue weighted by Crippen LogP contribution is 2.37. The second-order valence-corrected chi connectivity index (χ2v) is 18.7. The van der Waals surface area contributed by atoms with E-state index < -0.39 is 0 Å². The molecule has 5 unspecified atom stereocenters. The van der Waals surface area contributed by atoms with Crippen molar-refractivity contribution in [2.45, 2.75) is 226 Å². The fourth-order valence-electron chi connectivity index (χ4n) is 8.58. The largest absolute Gasteiger partial charge is 0.465 e. The van der Waals surface area contributed by atoms with Gasteiger partial charge in [0.2, 0.25) is 0 Å². The maximum absolute atomic E-state index is 12.3. The van der Waals surface area contributed by atoms with Crippen LogP contribution in [0.5, 0.6) is 0 Å². The number of nitrogens with zero attached hydrogens (tertiary/aromatic N) is 1. The first-order chi connectivity index (χ1) is 31.5. The molecule has 0 amide bonds. The van der Waals surface area contributed by atoms with E-state index in [2.05, 4.69) is 100 Å². The average molecular weight is 896 g/mol. The van der Waals surface area contributed by atoms with Gasteiger partial charge < -0.3 is 23.8 Å². The van der Waals surface area contributed by atoms with E-state index in [0.29, 0.717) is 31.5 Å². The molecule has 1 saturated carbocycles. The Kier molecular flexibility index (Phi) is 42.5. The summed E-state index contributed by atoms with van der Waals surface area (Å²) in [5.74, 6) is 1.32. The monoisotopic (exact) mass is 896 g/mol. The number of esters is 1. The van der Waals surface area contributed by atoms with Crippen molar-refractivity contribution in [1.82, 2.24) is 4.90 Å². The minimum Gasteiger partial charge on any atom is -0.465 e. The minimum atomic E-state index is -0.164. The first-order valence-electron chi connectivity index (χ1n) is 26.8. The molecule has 2 fully saturated rings. The quantitative estimate of drug-likeness (QED) is 0.0262. The van der Waals surface area contributed by atoms with Gasteiger partial charge in [-0.25, -0.2) is 0 Å². The lowest BCUT2D eigenvalue weighted by molar-refractivity contribution is -0.155. The molecule has 64 heavy (non-hydrogen) atoms. The number of carbonyl (C=O) groups excluding carboxylic acids is 2. The zero-order chi connectivity index (χ0) is 46.4. The van der Waals surface area contributed by atoms with Gasteiger partial charge in [0.05, 0.1) is 12.5 Å². The second-order valence-electron chi connectivity index (χ2n) is 18.7. The van der Waals surface area contributed by atoms with Crippen LogP contribution in [0.3, 0.4) is 0 Å². The van der Waals surface area contributed by atoms with Crippen molar-refractivity contribution < 1.29 is 28.5 Å². The van der Waals surface area contributed by atoms with Crippen LogP contribution in [0.4, 0.5) is 0 Å². The fourth-order valence-corrected chi connectivity index (χ4v) is 8.58. The highest BCUT2D eigenvalue weighted by molar-refractivity contribution is 5.73. The third kappa shape index (κ3) is 35.7. The molecular weight excluding hydrogens is 795 g/mol. The molecule has 1 heterocycles. The standard InChI is InChI=1S/C40H72O4.C17H29NO2/c1-3-5-7-9-11-13-15-17-19-21-23-25-27-29-31-33-35-42-37-40(38-43-39-41)44-36-34-32-30-28-26-24-22-20-18-16-14-12-10-8-6-4-2;1-4-5-6-7-15-13(2)8-9-16(15)20-17(19)14-10-11-18(3)12-14/h11-14,17-20,39-40H,3-10,15-16,21-38H2,1-2H3;5-6,13-16H,4,7-12H2,1-3H3/b13-11-,14-12-,19-17-,20-18-;6-5-. The molecule has 0 N–H and O–H groups in total. The van der Waals surface area contributed by atoms with Crippen LogP contribution in [0.2, 0.25) is 0 Å². The molecular formula is C57H101NO6. The Labute approximate surface area is 395 Å². The SMILES string of the molecule is CC/C=C\CC1C(C)CCC1OC(=O)C1CCN(C)C1.CCCCC/C=C\C/C=C\CCCCCCCCOCC(COC=O)OCCCCCCCC/C=C\C/C=C\CCCCC. The van der Waals surface area contributed by atoms with E-state index in [1.165, 1.54) is 135 Å². The van der Waals surface area contributed by atoms with Gasteiger partial charge in [-0.1, -0.05) is 166 Å². The molecule has 7 heteroatoms. The summed E-state index contributed by atoms with van der Waals surface area (Å²) in [5, 5.41) is 0. The normalized spacial score (nSPS) is 19.8. The van der Waals surface area contributed by atoms with Crippen LogP contribution >= 0.6 is 0 Å². The molecule has 0 aromatic rings. The van der Waals surface area contributed by atoms with Crippen LogP contribution in [-0.2, 0) is 28.5 Å². The number of hydrogen-bond donors (Lipinski definition) is 0. The second kappa shape index (κ2) is 45.7. The third-order valence-electron chi connectivity index (χ3n) is 12.8. The van der Waals surface area contributed by atoms with Gasteiger partial charge in [-0.05, 0) is 129 Å². The molecule has 2 rings (SSSR count). The minimum absolute atomic E-state index is 0.0397. The Morgan fingerprint density at radius 1 is 0.609 bits per heavy atom. The Hall–Kier alpha value is -2.48. The van der Waals surface area contributed by atoms with E-state index in [4.69, 9.17) is 18.9 Å². The third-order valence-corrected chi connectivity index (χ3v) is 12.8. The van der Waals surface area contributed by atoms with Crippen molar-refractivity contribution in [2.75, 3.05) is 46.6 Å². The summed E-state index contributed by atoms with van der Waals surface area (Å²) in [6.07, 6.45) is 58.1. The first kappa shape index (κ1) is 59.5. The molecule has 0 aromatic carbocycles. The molecule has 0 spiro atoms. The van der Waals surface area contributed by atoms with Gasteiger partial charge in [-0.15, -0.1) is 0 Å². The molecule has 1 aliphatic carbocycles. The van der Waals surface area contributed by atoms with Crippen molar-refractivity contribution in [3.05, 3.63) is 60.8 Å². The van der Waals surface area contributed by atoms with Crippen molar-refractivity contribution >= 4 is 12.4 Å². The van der Waals surface area contributed by atoms with Gasteiger partial charge in [-0.2, -0.15) is 0 Å². The summed E-state index contributed by atoms with van der Waals surface area (Å²) in [6.45, 7) is 13.6. The van der Waals surface area contributed by atoms with Crippen LogP contribution in [0, 0.1) is 17.8 Å². The lowest BCUT2D eigenvalue weighted by Gasteiger charge is -2.23. The zero-order valence-corrected chi connectivity index (χ0v) is 42.4. The van der Waals surface area contributed by atoms with Gasteiger partial charge >= 0.3 is 5.97 Å². The Morgan fingerprint density at radius 2 is 1.14 bits per heavy atom. The summed E-state index contributed by atoms with van der Waals surface area (Å²) >= 11 is 0. The number of ether oxygens (including phenoxy) is 4. The van der Waals surface area contributed by atoms with E-state index in [9.17, 15) is 9.59 Å². The van der Waals surface area contributed by atoms with Gasteiger partial charge in [0, 0.05) is 25.7 Å². The summed E-state index contributed by atoms with van der Waals surface area (Å²) in [5.41, 5.74) is 0. The molecule has 0 aromatic heterocycles. The molecule has 7 nitrogen and oxygen atoms in total. The molecule has 5 atom stereocenters. The van der Waals surface area contributed by atoms with Gasteiger partial charge in [0.15, 0.2) is 0 Å². The summed E-state index contributed by atoms with van der Waals surface area (Å²) in [6, 6.07) is 0. The summed E-state index contributed by atoms with van der Waals surface area (Å²) in [7, 11) is 2.07. The fraction of sp³-hybridized carbons (Fsp3) is 0.789. The summed E-state index contributed by atoms with van der Waals surface area (Å²) in [4.78, 5) is 25.1. The predicted molar refractivity (Wildman–Crippen MR) is 273 cm³/mol. The predicted octanol–water partition coefficient (Wildman–Crippen LogP) is 15.4. The number of unbranched alkanes of at least 4 members (excludes halogenated alkanes) is 18. The topological polar surface area (TPSA) is 74.3 Å². The van der Waals surface area contributed by atoms with Crippen molar-refractivity contribution in [2.24, 2.45) is 17.8 Å². The number of hydrogen-bond acceptors (Lipinski definition) is 7. The first-order valence-corrected chi connectivity index (χ1v) is 26.8. The van der Waals surface area contributed by atoms with Crippen molar-refractivity contribution in [3.63, 3.8) is 0 Å². The number of carbonyl (C=O) groups is 2. The van der Waals surface area contributed by atoms with Crippen LogP contribution in [0.15, 0.2) is 60.8 Å². The number of rotatable bonds is 41.